The van der Waals surface area contributed by atoms with E-state index in [0.29, 0.717) is 19.1 Å². The molecular weight excluding hydrogens is 220 g/mol. The van der Waals surface area contributed by atoms with Gasteiger partial charge in [0.05, 0.1) is 12.7 Å². The van der Waals surface area contributed by atoms with Crippen LogP contribution in [0.2, 0.25) is 0 Å². The zero-order chi connectivity index (χ0) is 12.7. The van der Waals surface area contributed by atoms with Crippen molar-refractivity contribution in [2.24, 2.45) is 5.73 Å². The third-order valence-corrected chi connectivity index (χ3v) is 2.95. The van der Waals surface area contributed by atoms with Gasteiger partial charge in [0.2, 0.25) is 0 Å². The van der Waals surface area contributed by atoms with E-state index in [2.05, 4.69) is 4.90 Å². The SMILES string of the molecule is CCOC(=O)C(N)CCN(C)CC1CCCO1. The summed E-state index contributed by atoms with van der Waals surface area (Å²) in [6.45, 7) is 4.75. The average Bonchev–Trinajstić information content (AvgIpc) is 2.79. The molecule has 0 bridgehead atoms. The highest BCUT2D eigenvalue weighted by atomic mass is 16.5. The largest absolute Gasteiger partial charge is 0.465 e. The van der Waals surface area contributed by atoms with Crippen molar-refractivity contribution in [3.05, 3.63) is 0 Å². The lowest BCUT2D eigenvalue weighted by Crippen LogP contribution is -2.37. The molecule has 2 atom stereocenters. The normalized spacial score (nSPS) is 21.8. The van der Waals surface area contributed by atoms with Crippen LogP contribution in [0.5, 0.6) is 0 Å². The van der Waals surface area contributed by atoms with Crippen molar-refractivity contribution in [3.8, 4) is 0 Å². The second-order valence-corrected chi connectivity index (χ2v) is 4.54. The quantitative estimate of drug-likeness (QED) is 0.656. The Morgan fingerprint density at radius 2 is 2.41 bits per heavy atom. The second kappa shape index (κ2) is 7.63. The highest BCUT2D eigenvalue weighted by Gasteiger charge is 2.19. The van der Waals surface area contributed by atoms with E-state index < -0.39 is 6.04 Å². The molecule has 0 aromatic rings. The molecule has 0 aliphatic carbocycles. The monoisotopic (exact) mass is 244 g/mol. The van der Waals surface area contributed by atoms with Crippen LogP contribution in [0.3, 0.4) is 0 Å². The Morgan fingerprint density at radius 1 is 1.65 bits per heavy atom. The minimum atomic E-state index is -0.512. The Morgan fingerprint density at radius 3 is 3.00 bits per heavy atom. The summed E-state index contributed by atoms with van der Waals surface area (Å²) in [6, 6.07) is -0.512. The smallest absolute Gasteiger partial charge is 0.322 e. The number of esters is 1. The lowest BCUT2D eigenvalue weighted by molar-refractivity contribution is -0.144. The number of nitrogens with two attached hydrogens (primary N) is 1. The lowest BCUT2D eigenvalue weighted by atomic mass is 10.2. The molecule has 1 heterocycles. The van der Waals surface area contributed by atoms with Crippen LogP contribution in [0, 0.1) is 0 Å². The fourth-order valence-corrected chi connectivity index (χ4v) is 1.95. The summed E-state index contributed by atoms with van der Waals surface area (Å²) in [6.07, 6.45) is 3.26. The first-order valence-corrected chi connectivity index (χ1v) is 6.35. The van der Waals surface area contributed by atoms with Gasteiger partial charge in [-0.15, -0.1) is 0 Å². The van der Waals surface area contributed by atoms with Crippen LogP contribution in [0.1, 0.15) is 26.2 Å². The maximum absolute atomic E-state index is 11.3. The topological polar surface area (TPSA) is 64.8 Å². The Hall–Kier alpha value is -0.650. The predicted octanol–water partition coefficient (Wildman–Crippen LogP) is 0.378. The molecule has 0 amide bonds. The van der Waals surface area contributed by atoms with Crippen molar-refractivity contribution in [2.75, 3.05) is 33.4 Å². The molecule has 5 heteroatoms. The van der Waals surface area contributed by atoms with Crippen molar-refractivity contribution in [1.82, 2.24) is 4.90 Å². The fraction of sp³-hybridized carbons (Fsp3) is 0.917. The van der Waals surface area contributed by atoms with E-state index >= 15 is 0 Å². The first-order valence-electron chi connectivity index (χ1n) is 6.35. The summed E-state index contributed by atoms with van der Waals surface area (Å²) in [5, 5.41) is 0. The summed E-state index contributed by atoms with van der Waals surface area (Å²) in [5.41, 5.74) is 5.73. The van der Waals surface area contributed by atoms with E-state index in [1.54, 1.807) is 6.92 Å². The minimum absolute atomic E-state index is 0.307. The molecule has 1 aliphatic heterocycles. The summed E-state index contributed by atoms with van der Waals surface area (Å²) in [7, 11) is 2.03. The molecule has 0 spiro atoms. The van der Waals surface area contributed by atoms with Gasteiger partial charge in [-0.05, 0) is 39.8 Å². The summed E-state index contributed by atoms with van der Waals surface area (Å²) < 4.78 is 10.4. The molecule has 0 saturated carbocycles. The fourth-order valence-electron chi connectivity index (χ4n) is 1.95. The number of hydrogen-bond acceptors (Lipinski definition) is 5. The van der Waals surface area contributed by atoms with Crippen molar-refractivity contribution >= 4 is 5.97 Å². The number of likely N-dealkylation sites (N-methyl/N-ethyl adjacent to an activating group) is 1. The van der Waals surface area contributed by atoms with E-state index in [1.165, 1.54) is 0 Å². The molecule has 0 radical (unpaired) electrons. The van der Waals surface area contributed by atoms with Gasteiger partial charge in [-0.25, -0.2) is 0 Å². The first kappa shape index (κ1) is 14.4. The zero-order valence-electron chi connectivity index (χ0n) is 10.9. The molecule has 1 rings (SSSR count). The summed E-state index contributed by atoms with van der Waals surface area (Å²) >= 11 is 0. The number of carbonyl (C=O) groups excluding carboxylic acids is 1. The van der Waals surface area contributed by atoms with Crippen molar-refractivity contribution in [2.45, 2.75) is 38.3 Å². The van der Waals surface area contributed by atoms with Crippen LogP contribution in [-0.4, -0.2) is 56.4 Å². The van der Waals surface area contributed by atoms with Crippen molar-refractivity contribution in [1.29, 1.82) is 0 Å². The van der Waals surface area contributed by atoms with Gasteiger partial charge in [0.15, 0.2) is 0 Å². The van der Waals surface area contributed by atoms with Gasteiger partial charge in [0.1, 0.15) is 6.04 Å². The van der Waals surface area contributed by atoms with E-state index in [1.807, 2.05) is 7.05 Å². The van der Waals surface area contributed by atoms with E-state index in [4.69, 9.17) is 15.2 Å². The molecular formula is C12H24N2O3. The summed E-state index contributed by atoms with van der Waals surface area (Å²) in [4.78, 5) is 13.5. The van der Waals surface area contributed by atoms with Gasteiger partial charge in [-0.3, -0.25) is 4.79 Å². The Kier molecular flexibility index (Phi) is 6.47. The molecule has 17 heavy (non-hydrogen) atoms. The third kappa shape index (κ3) is 5.48. The molecule has 5 nitrogen and oxygen atoms in total. The van der Waals surface area contributed by atoms with E-state index in [0.717, 1.165) is 32.5 Å². The second-order valence-electron chi connectivity index (χ2n) is 4.54. The standard InChI is InChI=1S/C12H24N2O3/c1-3-16-12(15)11(13)6-7-14(2)9-10-5-4-8-17-10/h10-11H,3-9,13H2,1-2H3. The highest BCUT2D eigenvalue weighted by Crippen LogP contribution is 2.12. The predicted molar refractivity (Wildman–Crippen MR) is 65.7 cm³/mol. The van der Waals surface area contributed by atoms with E-state index in [9.17, 15) is 4.79 Å². The zero-order valence-corrected chi connectivity index (χ0v) is 10.9. The molecule has 100 valence electrons. The van der Waals surface area contributed by atoms with Crippen LogP contribution in [0.25, 0.3) is 0 Å². The van der Waals surface area contributed by atoms with Gasteiger partial charge < -0.3 is 20.1 Å². The molecule has 0 aromatic heterocycles. The number of hydrogen-bond donors (Lipinski definition) is 1. The molecule has 1 saturated heterocycles. The van der Waals surface area contributed by atoms with Crippen LogP contribution < -0.4 is 5.73 Å². The number of rotatable bonds is 7. The number of carbonyl (C=O) groups is 1. The van der Waals surface area contributed by atoms with Crippen LogP contribution >= 0.6 is 0 Å². The molecule has 2 N–H and O–H groups in total. The number of nitrogens with zero attached hydrogens (tertiary/aromatic N) is 1. The van der Waals surface area contributed by atoms with Gasteiger partial charge in [-0.2, -0.15) is 0 Å². The highest BCUT2D eigenvalue weighted by molar-refractivity contribution is 5.75. The Balaban J connectivity index is 2.13. The Bertz CT molecular complexity index is 230. The average molecular weight is 244 g/mol. The maximum atomic E-state index is 11.3. The van der Waals surface area contributed by atoms with Gasteiger partial charge in [0.25, 0.3) is 0 Å². The Labute approximate surface area is 103 Å². The molecule has 1 fully saturated rings. The molecule has 1 aliphatic rings. The van der Waals surface area contributed by atoms with Gasteiger partial charge in [0, 0.05) is 13.2 Å². The van der Waals surface area contributed by atoms with Gasteiger partial charge in [-0.1, -0.05) is 0 Å². The molecule has 0 aromatic carbocycles. The van der Waals surface area contributed by atoms with Crippen LogP contribution in [-0.2, 0) is 14.3 Å². The first-order chi connectivity index (χ1) is 8.13. The van der Waals surface area contributed by atoms with Crippen molar-refractivity contribution in [3.63, 3.8) is 0 Å². The lowest BCUT2D eigenvalue weighted by Gasteiger charge is -2.21. The number of ether oxygens (including phenoxy) is 2. The van der Waals surface area contributed by atoms with Crippen LogP contribution in [0.15, 0.2) is 0 Å². The minimum Gasteiger partial charge on any atom is -0.465 e. The van der Waals surface area contributed by atoms with Crippen molar-refractivity contribution < 1.29 is 14.3 Å². The maximum Gasteiger partial charge on any atom is 0.322 e. The third-order valence-electron chi connectivity index (χ3n) is 2.95. The molecule has 2 unspecified atom stereocenters. The van der Waals surface area contributed by atoms with E-state index in [-0.39, 0.29) is 5.97 Å². The van der Waals surface area contributed by atoms with Crippen LogP contribution in [0.4, 0.5) is 0 Å². The summed E-state index contributed by atoms with van der Waals surface area (Å²) in [5.74, 6) is -0.307. The van der Waals surface area contributed by atoms with Gasteiger partial charge >= 0.3 is 5.97 Å².